The molecule has 0 spiro atoms. The summed E-state index contributed by atoms with van der Waals surface area (Å²) >= 11 is 3.53. The lowest BCUT2D eigenvalue weighted by Crippen LogP contribution is -2.30. The van der Waals surface area contributed by atoms with Crippen molar-refractivity contribution in [3.8, 4) is 0 Å². The zero-order valence-corrected chi connectivity index (χ0v) is 13.1. The predicted molar refractivity (Wildman–Crippen MR) is 84.2 cm³/mol. The Labute approximate surface area is 128 Å². The van der Waals surface area contributed by atoms with Gasteiger partial charge in [0.05, 0.1) is 12.3 Å². The smallest absolute Gasteiger partial charge is 0.115 e. The van der Waals surface area contributed by atoms with Crippen molar-refractivity contribution in [2.24, 2.45) is 5.73 Å². The first-order chi connectivity index (χ1) is 9.72. The van der Waals surface area contributed by atoms with E-state index in [4.69, 9.17) is 10.5 Å². The van der Waals surface area contributed by atoms with E-state index in [1.807, 2.05) is 42.5 Å². The Morgan fingerprint density at radius 3 is 2.60 bits per heavy atom. The number of pyridine rings is 1. The Balaban J connectivity index is 2.11. The van der Waals surface area contributed by atoms with Crippen molar-refractivity contribution in [2.45, 2.75) is 32.1 Å². The summed E-state index contributed by atoms with van der Waals surface area (Å²) in [6.07, 6.45) is 2.43. The Bertz CT molecular complexity index is 533. The van der Waals surface area contributed by atoms with Gasteiger partial charge in [-0.2, -0.15) is 0 Å². The highest BCUT2D eigenvalue weighted by Gasteiger charge is 2.20. The van der Waals surface area contributed by atoms with Gasteiger partial charge in [-0.15, -0.1) is 0 Å². The number of nitrogens with two attached hydrogens (primary N) is 1. The summed E-state index contributed by atoms with van der Waals surface area (Å²) in [4.78, 5) is 4.37. The van der Waals surface area contributed by atoms with Crippen molar-refractivity contribution < 1.29 is 4.74 Å². The van der Waals surface area contributed by atoms with Crippen LogP contribution in [0.25, 0.3) is 0 Å². The van der Waals surface area contributed by atoms with Crippen LogP contribution in [0.15, 0.2) is 53.1 Å². The van der Waals surface area contributed by atoms with E-state index >= 15 is 0 Å². The molecular weight excluding hydrogens is 316 g/mol. The molecule has 2 N–H and O–H groups in total. The fraction of sp³-hybridized carbons (Fsp3) is 0.312. The summed E-state index contributed by atoms with van der Waals surface area (Å²) in [6, 6.07) is 13.8. The van der Waals surface area contributed by atoms with Crippen LogP contribution >= 0.6 is 15.9 Å². The van der Waals surface area contributed by atoms with Crippen LogP contribution < -0.4 is 5.73 Å². The number of hydrogen-bond acceptors (Lipinski definition) is 3. The Kier molecular flexibility index (Phi) is 5.71. The van der Waals surface area contributed by atoms with Crippen LogP contribution in [0.4, 0.5) is 0 Å². The van der Waals surface area contributed by atoms with Crippen molar-refractivity contribution in [1.29, 1.82) is 0 Å². The number of aromatic nitrogens is 1. The average molecular weight is 335 g/mol. The van der Waals surface area contributed by atoms with Crippen molar-refractivity contribution >= 4 is 15.9 Å². The fourth-order valence-corrected chi connectivity index (χ4v) is 2.38. The highest BCUT2D eigenvalue weighted by Crippen LogP contribution is 2.24. The molecule has 4 heteroatoms. The summed E-state index contributed by atoms with van der Waals surface area (Å²) in [5.41, 5.74) is 8.17. The second-order valence-corrected chi connectivity index (χ2v) is 5.50. The number of benzene rings is 1. The molecule has 0 amide bonds. The molecule has 1 aromatic carbocycles. The summed E-state index contributed by atoms with van der Waals surface area (Å²) in [7, 11) is 0. The maximum atomic E-state index is 6.17. The van der Waals surface area contributed by atoms with Gasteiger partial charge in [-0.05, 0) is 30.2 Å². The number of nitrogens with zero attached hydrogens (tertiary/aromatic N) is 1. The van der Waals surface area contributed by atoms with E-state index in [-0.39, 0.29) is 12.1 Å². The minimum atomic E-state index is -0.187. The summed E-state index contributed by atoms with van der Waals surface area (Å²) < 4.78 is 7.08. The van der Waals surface area contributed by atoms with Crippen molar-refractivity contribution in [2.75, 3.05) is 0 Å². The monoisotopic (exact) mass is 334 g/mol. The molecule has 3 nitrogen and oxygen atoms in total. The van der Waals surface area contributed by atoms with Gasteiger partial charge in [0.2, 0.25) is 0 Å². The summed E-state index contributed by atoms with van der Waals surface area (Å²) in [6.45, 7) is 2.57. The highest BCUT2D eigenvalue weighted by atomic mass is 79.9. The van der Waals surface area contributed by atoms with E-state index in [1.165, 1.54) is 0 Å². The molecule has 0 aliphatic rings. The molecule has 106 valence electrons. The van der Waals surface area contributed by atoms with Gasteiger partial charge in [0.1, 0.15) is 6.10 Å². The summed E-state index contributed by atoms with van der Waals surface area (Å²) in [5, 5.41) is 0. The Morgan fingerprint density at radius 2 is 1.95 bits per heavy atom. The van der Waals surface area contributed by atoms with Gasteiger partial charge in [-0.25, -0.2) is 0 Å². The minimum Gasteiger partial charge on any atom is -0.366 e. The third kappa shape index (κ3) is 3.88. The van der Waals surface area contributed by atoms with Crippen LogP contribution in [-0.2, 0) is 11.3 Å². The molecule has 20 heavy (non-hydrogen) atoms. The van der Waals surface area contributed by atoms with Crippen molar-refractivity contribution in [3.63, 3.8) is 0 Å². The minimum absolute atomic E-state index is 0.0626. The van der Waals surface area contributed by atoms with Gasteiger partial charge >= 0.3 is 0 Å². The third-order valence-electron chi connectivity index (χ3n) is 3.22. The van der Waals surface area contributed by atoms with Crippen molar-refractivity contribution in [1.82, 2.24) is 4.98 Å². The maximum Gasteiger partial charge on any atom is 0.115 e. The lowest BCUT2D eigenvalue weighted by molar-refractivity contribution is 0.0182. The number of rotatable bonds is 6. The average Bonchev–Trinajstić information content (AvgIpc) is 2.50. The predicted octanol–water partition coefficient (Wildman–Crippen LogP) is 3.84. The molecule has 0 aliphatic carbocycles. The van der Waals surface area contributed by atoms with E-state index in [9.17, 15) is 0 Å². The molecular formula is C16H19BrN2O. The third-order valence-corrected chi connectivity index (χ3v) is 3.99. The normalized spacial score (nSPS) is 13.9. The molecule has 2 atom stereocenters. The Morgan fingerprint density at radius 1 is 1.20 bits per heavy atom. The van der Waals surface area contributed by atoms with Gasteiger partial charge < -0.3 is 10.5 Å². The second kappa shape index (κ2) is 7.53. The topological polar surface area (TPSA) is 48.1 Å². The maximum absolute atomic E-state index is 6.17. The fourth-order valence-electron chi connectivity index (χ4n) is 1.98. The molecule has 1 heterocycles. The van der Waals surface area contributed by atoms with E-state index in [1.54, 1.807) is 6.20 Å². The molecule has 0 fully saturated rings. The quantitative estimate of drug-likeness (QED) is 0.873. The van der Waals surface area contributed by atoms with Crippen molar-refractivity contribution in [3.05, 3.63) is 64.4 Å². The molecule has 2 aromatic rings. The lowest BCUT2D eigenvalue weighted by Gasteiger charge is -2.23. The van der Waals surface area contributed by atoms with E-state index in [2.05, 4.69) is 27.8 Å². The largest absolute Gasteiger partial charge is 0.366 e. The summed E-state index contributed by atoms with van der Waals surface area (Å²) in [5.74, 6) is 0. The SMILES string of the molecule is CCC(N)C(OCc1ccccc1Br)c1ccccn1. The molecule has 0 aliphatic heterocycles. The zero-order valence-electron chi connectivity index (χ0n) is 11.5. The van der Waals surface area contributed by atoms with Gasteiger partial charge in [0, 0.05) is 16.7 Å². The molecule has 1 aromatic heterocycles. The molecule has 0 saturated heterocycles. The first-order valence-electron chi connectivity index (χ1n) is 6.74. The first kappa shape index (κ1) is 15.2. The van der Waals surface area contributed by atoms with Crippen LogP contribution in [0.5, 0.6) is 0 Å². The Hall–Kier alpha value is -1.23. The number of hydrogen-bond donors (Lipinski definition) is 1. The molecule has 0 radical (unpaired) electrons. The zero-order chi connectivity index (χ0) is 14.4. The molecule has 0 saturated carbocycles. The molecule has 2 rings (SSSR count). The highest BCUT2D eigenvalue weighted by molar-refractivity contribution is 9.10. The van der Waals surface area contributed by atoms with E-state index in [0.29, 0.717) is 6.61 Å². The molecule has 2 unspecified atom stereocenters. The molecule has 0 bridgehead atoms. The van der Waals surface area contributed by atoms with Crippen LogP contribution in [0, 0.1) is 0 Å². The van der Waals surface area contributed by atoms with E-state index < -0.39 is 0 Å². The number of halogens is 1. The second-order valence-electron chi connectivity index (χ2n) is 4.65. The van der Waals surface area contributed by atoms with Crippen LogP contribution in [-0.4, -0.2) is 11.0 Å². The number of ether oxygens (including phenoxy) is 1. The first-order valence-corrected chi connectivity index (χ1v) is 7.53. The van der Waals surface area contributed by atoms with Gasteiger partial charge in [0.15, 0.2) is 0 Å². The lowest BCUT2D eigenvalue weighted by atomic mass is 10.1. The van der Waals surface area contributed by atoms with Crippen LogP contribution in [0.1, 0.15) is 30.7 Å². The van der Waals surface area contributed by atoms with Gasteiger partial charge in [0.25, 0.3) is 0 Å². The van der Waals surface area contributed by atoms with Crippen LogP contribution in [0.2, 0.25) is 0 Å². The standard InChI is InChI=1S/C16H19BrN2O/c1-2-14(18)16(15-9-5-6-10-19-15)20-11-12-7-3-4-8-13(12)17/h3-10,14,16H,2,11,18H2,1H3. The van der Waals surface area contributed by atoms with Crippen LogP contribution in [0.3, 0.4) is 0 Å². The van der Waals surface area contributed by atoms with Gasteiger partial charge in [-0.3, -0.25) is 4.98 Å². The van der Waals surface area contributed by atoms with E-state index in [0.717, 1.165) is 22.2 Å². The van der Waals surface area contributed by atoms with Gasteiger partial charge in [-0.1, -0.05) is 47.1 Å².